The lowest BCUT2D eigenvalue weighted by Crippen LogP contribution is -2.00. The van der Waals surface area contributed by atoms with E-state index in [0.29, 0.717) is 16.9 Å². The van der Waals surface area contributed by atoms with Gasteiger partial charge in [0.25, 0.3) is 0 Å². The molecule has 0 aliphatic carbocycles. The van der Waals surface area contributed by atoms with E-state index in [9.17, 15) is 15.2 Å². The van der Waals surface area contributed by atoms with Crippen molar-refractivity contribution < 1.29 is 15.0 Å². The van der Waals surface area contributed by atoms with Crippen LogP contribution in [0.4, 0.5) is 0 Å². The zero-order valence-electron chi connectivity index (χ0n) is 12.0. The molecule has 3 rings (SSSR count). The summed E-state index contributed by atoms with van der Waals surface area (Å²) in [5, 5.41) is 34.4. The van der Waals surface area contributed by atoms with E-state index in [1.165, 1.54) is 34.2 Å². The fourth-order valence-corrected chi connectivity index (χ4v) is 3.14. The second kappa shape index (κ2) is 5.59. The van der Waals surface area contributed by atoms with Crippen molar-refractivity contribution in [1.29, 1.82) is 5.26 Å². The molecule has 0 bridgehead atoms. The van der Waals surface area contributed by atoms with Crippen molar-refractivity contribution in [2.45, 2.75) is 6.92 Å². The first-order chi connectivity index (χ1) is 11.0. The first kappa shape index (κ1) is 14.8. The van der Waals surface area contributed by atoms with Crippen molar-refractivity contribution >= 4 is 17.3 Å². The molecule has 0 fully saturated rings. The lowest BCUT2D eigenvalue weighted by molar-refractivity contribution is 0.0694. The Hall–Kier alpha value is -3.11. The van der Waals surface area contributed by atoms with E-state index in [4.69, 9.17) is 5.11 Å². The molecule has 0 unspecified atom stereocenters. The number of carboxylic acids is 1. The molecule has 2 N–H and O–H groups in total. The predicted octanol–water partition coefficient (Wildman–Crippen LogP) is 3.18. The van der Waals surface area contributed by atoms with Gasteiger partial charge in [0.1, 0.15) is 23.1 Å². The van der Waals surface area contributed by atoms with Gasteiger partial charge < -0.3 is 10.2 Å². The SMILES string of the molecule is Cc1ccsc1-c1nn(-c2ccc(C(=O)O)c(O)c2)cc1C#N. The molecule has 1 aromatic carbocycles. The molecule has 23 heavy (non-hydrogen) atoms. The molecule has 6 nitrogen and oxygen atoms in total. The van der Waals surface area contributed by atoms with Crippen LogP contribution in [0.25, 0.3) is 16.3 Å². The van der Waals surface area contributed by atoms with Crippen LogP contribution in [0, 0.1) is 18.3 Å². The van der Waals surface area contributed by atoms with Gasteiger partial charge in [-0.05, 0) is 36.1 Å². The number of rotatable bonds is 3. The molecular formula is C16H11N3O3S. The van der Waals surface area contributed by atoms with Crippen molar-refractivity contribution in [3.63, 3.8) is 0 Å². The Bertz CT molecular complexity index is 950. The largest absolute Gasteiger partial charge is 0.507 e. The lowest BCUT2D eigenvalue weighted by Gasteiger charge is -2.04. The maximum atomic E-state index is 10.9. The number of phenols is 1. The summed E-state index contributed by atoms with van der Waals surface area (Å²) in [6.45, 7) is 1.94. The van der Waals surface area contributed by atoms with Crippen LogP contribution >= 0.6 is 11.3 Å². The van der Waals surface area contributed by atoms with E-state index >= 15 is 0 Å². The van der Waals surface area contributed by atoms with Gasteiger partial charge in [-0.3, -0.25) is 0 Å². The predicted molar refractivity (Wildman–Crippen MR) is 85.0 cm³/mol. The number of hydrogen-bond acceptors (Lipinski definition) is 5. The zero-order chi connectivity index (χ0) is 16.6. The Morgan fingerprint density at radius 1 is 1.39 bits per heavy atom. The lowest BCUT2D eigenvalue weighted by atomic mass is 10.2. The van der Waals surface area contributed by atoms with Crippen LogP contribution in [-0.4, -0.2) is 26.0 Å². The molecular weight excluding hydrogens is 314 g/mol. The van der Waals surface area contributed by atoms with E-state index in [0.717, 1.165) is 10.4 Å². The Morgan fingerprint density at radius 2 is 2.17 bits per heavy atom. The minimum Gasteiger partial charge on any atom is -0.507 e. The molecule has 2 heterocycles. The Kier molecular flexibility index (Phi) is 3.60. The van der Waals surface area contributed by atoms with Gasteiger partial charge in [0, 0.05) is 12.3 Å². The minimum atomic E-state index is -1.21. The summed E-state index contributed by atoms with van der Waals surface area (Å²) < 4.78 is 1.46. The van der Waals surface area contributed by atoms with Gasteiger partial charge in [-0.25, -0.2) is 9.48 Å². The first-order valence-electron chi connectivity index (χ1n) is 6.62. The molecule has 0 atom stereocenters. The summed E-state index contributed by atoms with van der Waals surface area (Å²) in [5.74, 6) is -1.56. The average Bonchev–Trinajstić information content (AvgIpc) is 3.12. The number of nitrogens with zero attached hydrogens (tertiary/aromatic N) is 3. The van der Waals surface area contributed by atoms with E-state index < -0.39 is 5.97 Å². The van der Waals surface area contributed by atoms with E-state index in [-0.39, 0.29) is 11.3 Å². The number of aromatic carboxylic acids is 1. The summed E-state index contributed by atoms with van der Waals surface area (Å²) in [4.78, 5) is 11.9. The monoisotopic (exact) mass is 325 g/mol. The summed E-state index contributed by atoms with van der Waals surface area (Å²) in [5.41, 5.74) is 2.31. The number of aryl methyl sites for hydroxylation is 1. The molecule has 0 spiro atoms. The Labute approximate surface area is 135 Å². The highest BCUT2D eigenvalue weighted by Gasteiger charge is 2.16. The molecule has 0 amide bonds. The summed E-state index contributed by atoms with van der Waals surface area (Å²) in [6.07, 6.45) is 1.56. The molecule has 0 radical (unpaired) electrons. The summed E-state index contributed by atoms with van der Waals surface area (Å²) in [6, 6.07) is 8.20. The topological polar surface area (TPSA) is 99.1 Å². The fraction of sp³-hybridized carbons (Fsp3) is 0.0625. The van der Waals surface area contributed by atoms with E-state index in [1.54, 1.807) is 6.20 Å². The minimum absolute atomic E-state index is 0.185. The average molecular weight is 325 g/mol. The normalized spacial score (nSPS) is 10.4. The number of carboxylic acid groups (broad SMARTS) is 1. The zero-order valence-corrected chi connectivity index (χ0v) is 12.8. The van der Waals surface area contributed by atoms with Crippen LogP contribution in [0.3, 0.4) is 0 Å². The van der Waals surface area contributed by atoms with Crippen molar-refractivity contribution in [1.82, 2.24) is 9.78 Å². The quantitative estimate of drug-likeness (QED) is 0.770. The number of thiophene rings is 1. The van der Waals surface area contributed by atoms with Crippen molar-refractivity contribution in [2.24, 2.45) is 0 Å². The highest BCUT2D eigenvalue weighted by atomic mass is 32.1. The molecule has 2 aromatic heterocycles. The van der Waals surface area contributed by atoms with E-state index in [1.807, 2.05) is 18.4 Å². The van der Waals surface area contributed by atoms with Crippen molar-refractivity contribution in [3.8, 4) is 28.1 Å². The Balaban J connectivity index is 2.11. The molecule has 114 valence electrons. The first-order valence-corrected chi connectivity index (χ1v) is 7.50. The molecule has 7 heteroatoms. The highest BCUT2D eigenvalue weighted by molar-refractivity contribution is 7.13. The maximum absolute atomic E-state index is 10.9. The van der Waals surface area contributed by atoms with Crippen LogP contribution in [0.15, 0.2) is 35.8 Å². The van der Waals surface area contributed by atoms with Gasteiger partial charge in [-0.2, -0.15) is 10.4 Å². The van der Waals surface area contributed by atoms with Crippen LogP contribution in [0.2, 0.25) is 0 Å². The number of benzene rings is 1. The molecule has 0 saturated carbocycles. The highest BCUT2D eigenvalue weighted by Crippen LogP contribution is 2.31. The summed E-state index contributed by atoms with van der Waals surface area (Å²) >= 11 is 1.50. The number of aromatic nitrogens is 2. The second-order valence-corrected chi connectivity index (χ2v) is 5.80. The maximum Gasteiger partial charge on any atom is 0.339 e. The molecule has 0 aliphatic rings. The molecule has 0 aliphatic heterocycles. The van der Waals surface area contributed by atoms with Gasteiger partial charge in [0.05, 0.1) is 16.1 Å². The second-order valence-electron chi connectivity index (χ2n) is 4.89. The van der Waals surface area contributed by atoms with Gasteiger partial charge in [0.2, 0.25) is 0 Å². The van der Waals surface area contributed by atoms with Gasteiger partial charge >= 0.3 is 5.97 Å². The van der Waals surface area contributed by atoms with Crippen LogP contribution in [0.5, 0.6) is 5.75 Å². The Morgan fingerprint density at radius 3 is 2.74 bits per heavy atom. The number of hydrogen-bond donors (Lipinski definition) is 2. The van der Waals surface area contributed by atoms with Gasteiger partial charge in [-0.15, -0.1) is 11.3 Å². The third kappa shape index (κ3) is 2.56. The molecule has 0 saturated heterocycles. The van der Waals surface area contributed by atoms with Crippen molar-refractivity contribution in [3.05, 3.63) is 52.5 Å². The molecule has 3 aromatic rings. The van der Waals surface area contributed by atoms with Crippen LogP contribution in [0.1, 0.15) is 21.5 Å². The number of aromatic hydroxyl groups is 1. The van der Waals surface area contributed by atoms with Gasteiger partial charge in [0.15, 0.2) is 0 Å². The van der Waals surface area contributed by atoms with Crippen LogP contribution < -0.4 is 0 Å². The number of nitriles is 1. The van der Waals surface area contributed by atoms with Crippen molar-refractivity contribution in [2.75, 3.05) is 0 Å². The summed E-state index contributed by atoms with van der Waals surface area (Å²) in [7, 11) is 0. The third-order valence-electron chi connectivity index (χ3n) is 3.39. The van der Waals surface area contributed by atoms with E-state index in [2.05, 4.69) is 11.2 Å². The number of carbonyl (C=O) groups is 1. The fourth-order valence-electron chi connectivity index (χ4n) is 2.21. The third-order valence-corrected chi connectivity index (χ3v) is 4.41. The smallest absolute Gasteiger partial charge is 0.339 e. The van der Waals surface area contributed by atoms with Crippen LogP contribution in [-0.2, 0) is 0 Å². The van der Waals surface area contributed by atoms with Gasteiger partial charge in [-0.1, -0.05) is 0 Å². The standard InChI is InChI=1S/C16H11N3O3S/c1-9-4-5-23-15(9)14-10(7-17)8-19(18-14)11-2-3-12(16(21)22)13(20)6-11/h2-6,8,20H,1H3,(H,21,22).